The van der Waals surface area contributed by atoms with Crippen molar-refractivity contribution in [1.82, 2.24) is 5.32 Å². The summed E-state index contributed by atoms with van der Waals surface area (Å²) in [5.74, 6) is 0.625. The van der Waals surface area contributed by atoms with Crippen molar-refractivity contribution in [3.05, 3.63) is 148 Å². The van der Waals surface area contributed by atoms with Crippen molar-refractivity contribution >= 4 is 41.2 Å². The highest BCUT2D eigenvalue weighted by Gasteiger charge is 2.37. The number of benzene rings is 5. The quantitative estimate of drug-likeness (QED) is 0.0905. The molecule has 0 spiro atoms. The lowest BCUT2D eigenvalue weighted by Crippen LogP contribution is -2.54. The summed E-state index contributed by atoms with van der Waals surface area (Å²) in [6, 6.07) is 33.7. The molecule has 4 amide bonds. The number of ether oxygens (including phenoxy) is 5. The summed E-state index contributed by atoms with van der Waals surface area (Å²) in [4.78, 5) is 40.1. The molecule has 11 heteroatoms. The third-order valence-corrected chi connectivity index (χ3v) is 8.22. The molecule has 0 radical (unpaired) electrons. The van der Waals surface area contributed by atoms with Crippen molar-refractivity contribution in [2.45, 2.75) is 26.7 Å². The van der Waals surface area contributed by atoms with E-state index in [9.17, 15) is 14.4 Å². The maximum absolute atomic E-state index is 13.6. The van der Waals surface area contributed by atoms with Gasteiger partial charge in [0.15, 0.2) is 23.0 Å². The van der Waals surface area contributed by atoms with Crippen LogP contribution in [0.25, 0.3) is 6.08 Å². The molecule has 0 atom stereocenters. The number of carbonyl (C=O) groups excluding carboxylic acids is 3. The first-order valence-corrected chi connectivity index (χ1v) is 16.8. The van der Waals surface area contributed by atoms with E-state index >= 15 is 0 Å². The van der Waals surface area contributed by atoms with Gasteiger partial charge in [-0.15, -0.1) is 0 Å². The van der Waals surface area contributed by atoms with E-state index in [1.54, 1.807) is 36.4 Å². The Balaban J connectivity index is 1.15. The number of hydrogen-bond donors (Lipinski definition) is 1. The predicted molar refractivity (Wildman–Crippen MR) is 197 cm³/mol. The Bertz CT molecular complexity index is 2090. The van der Waals surface area contributed by atoms with E-state index in [0.29, 0.717) is 42.6 Å². The predicted octanol–water partition coefficient (Wildman–Crippen LogP) is 8.15. The molecule has 5 aromatic rings. The molecule has 1 N–H and O–H groups in total. The van der Waals surface area contributed by atoms with E-state index in [-0.39, 0.29) is 34.4 Å². The number of carbonyl (C=O) groups is 3. The largest absolute Gasteiger partial charge is 0.493 e. The van der Waals surface area contributed by atoms with Crippen LogP contribution < -0.4 is 33.9 Å². The molecule has 264 valence electrons. The second-order valence-corrected chi connectivity index (χ2v) is 11.9. The molecule has 0 saturated carbocycles. The molecule has 52 heavy (non-hydrogen) atoms. The number of anilines is 1. The molecule has 10 nitrogen and oxygen atoms in total. The number of hydrogen-bond acceptors (Lipinski definition) is 8. The zero-order chi connectivity index (χ0) is 36.5. The Morgan fingerprint density at radius 2 is 1.33 bits per heavy atom. The number of nitrogens with one attached hydrogen (secondary N) is 1. The molecule has 1 aliphatic heterocycles. The number of amides is 4. The Hall–Kier alpha value is -6.26. The summed E-state index contributed by atoms with van der Waals surface area (Å²) < 4.78 is 29.3. The zero-order valence-corrected chi connectivity index (χ0v) is 29.2. The van der Waals surface area contributed by atoms with E-state index < -0.39 is 17.8 Å². The third-order valence-electron chi connectivity index (χ3n) is 7.94. The maximum atomic E-state index is 13.6. The fourth-order valence-electron chi connectivity index (χ4n) is 5.37. The molecule has 1 fully saturated rings. The fraction of sp³-hybridized carbons (Fsp3) is 0.146. The highest BCUT2D eigenvalue weighted by atomic mass is 35.5. The third kappa shape index (κ3) is 8.54. The van der Waals surface area contributed by atoms with Crippen molar-refractivity contribution in [2.24, 2.45) is 0 Å². The van der Waals surface area contributed by atoms with E-state index in [0.717, 1.165) is 21.6 Å². The summed E-state index contributed by atoms with van der Waals surface area (Å²) in [6.07, 6.45) is 1.34. The summed E-state index contributed by atoms with van der Waals surface area (Å²) in [5, 5.41) is 2.42. The van der Waals surface area contributed by atoms with Gasteiger partial charge in [0, 0.05) is 0 Å². The number of urea groups is 1. The average Bonchev–Trinajstić information content (AvgIpc) is 3.16. The smallest absolute Gasteiger partial charge is 0.335 e. The van der Waals surface area contributed by atoms with Crippen molar-refractivity contribution in [2.75, 3.05) is 18.6 Å². The Kier molecular flexibility index (Phi) is 11.4. The van der Waals surface area contributed by atoms with Crippen LogP contribution in [0.2, 0.25) is 5.02 Å². The lowest BCUT2D eigenvalue weighted by molar-refractivity contribution is -0.122. The lowest BCUT2D eigenvalue weighted by atomic mass is 10.1. The molecule has 1 saturated heterocycles. The van der Waals surface area contributed by atoms with E-state index in [1.165, 1.54) is 13.2 Å². The molecule has 5 aromatic carbocycles. The van der Waals surface area contributed by atoms with Crippen molar-refractivity contribution < 1.29 is 38.1 Å². The van der Waals surface area contributed by atoms with Crippen LogP contribution in [-0.2, 0) is 29.4 Å². The summed E-state index contributed by atoms with van der Waals surface area (Å²) in [7, 11) is 1.45. The van der Waals surface area contributed by atoms with Gasteiger partial charge in [0.05, 0.1) is 24.4 Å². The van der Waals surface area contributed by atoms with Gasteiger partial charge < -0.3 is 23.7 Å². The summed E-state index contributed by atoms with van der Waals surface area (Å²) >= 11 is 6.66. The fourth-order valence-corrected chi connectivity index (χ4v) is 5.65. The Morgan fingerprint density at radius 3 is 1.98 bits per heavy atom. The summed E-state index contributed by atoms with van der Waals surface area (Å²) in [6.45, 7) is 3.22. The highest BCUT2D eigenvalue weighted by Crippen LogP contribution is 2.38. The van der Waals surface area contributed by atoms with Crippen molar-refractivity contribution in [3.8, 4) is 28.7 Å². The normalized spacial score (nSPS) is 13.5. The first-order chi connectivity index (χ1) is 25.3. The molecule has 0 unspecified atom stereocenters. The van der Waals surface area contributed by atoms with E-state index in [2.05, 4.69) is 5.32 Å². The topological polar surface area (TPSA) is 113 Å². The minimum Gasteiger partial charge on any atom is -0.493 e. The molecular weight excluding hydrogens is 684 g/mol. The lowest BCUT2D eigenvalue weighted by Gasteiger charge is -2.26. The summed E-state index contributed by atoms with van der Waals surface area (Å²) in [5.41, 5.74) is 3.20. The van der Waals surface area contributed by atoms with Crippen LogP contribution in [-0.4, -0.2) is 31.6 Å². The van der Waals surface area contributed by atoms with Gasteiger partial charge in [-0.1, -0.05) is 78.3 Å². The molecule has 0 aromatic heterocycles. The highest BCUT2D eigenvalue weighted by molar-refractivity contribution is 6.39. The first-order valence-electron chi connectivity index (χ1n) is 16.4. The van der Waals surface area contributed by atoms with Crippen molar-refractivity contribution in [3.63, 3.8) is 0 Å². The van der Waals surface area contributed by atoms with Gasteiger partial charge >= 0.3 is 6.03 Å². The van der Waals surface area contributed by atoms with Crippen LogP contribution >= 0.6 is 11.6 Å². The van der Waals surface area contributed by atoms with Crippen LogP contribution in [0.5, 0.6) is 28.7 Å². The van der Waals surface area contributed by atoms with Gasteiger partial charge in [-0.05, 0) is 83.8 Å². The second kappa shape index (κ2) is 16.6. The molecule has 0 bridgehead atoms. The van der Waals surface area contributed by atoms with Crippen LogP contribution in [0.4, 0.5) is 10.5 Å². The van der Waals surface area contributed by atoms with Crippen LogP contribution in [0.1, 0.15) is 29.2 Å². The average molecular weight is 719 g/mol. The Labute approximate surface area is 306 Å². The van der Waals surface area contributed by atoms with Crippen LogP contribution in [0.15, 0.2) is 121 Å². The van der Waals surface area contributed by atoms with Gasteiger partial charge in [0.1, 0.15) is 31.1 Å². The SMILES string of the molecule is CCOc1cc(COc2c(Cl)cc(/C=C3/C(=O)NC(=O)N(c4ccc(OCc5ccccc5)cc4)C3=O)cc2OC)ccc1OCc1ccccc1. The Morgan fingerprint density at radius 1 is 0.673 bits per heavy atom. The molecule has 1 heterocycles. The second-order valence-electron chi connectivity index (χ2n) is 11.5. The number of rotatable bonds is 14. The molecule has 1 aliphatic rings. The minimum absolute atomic E-state index is 0.129. The minimum atomic E-state index is -0.868. The number of barbiturate groups is 1. The first kappa shape index (κ1) is 35.6. The molecule has 0 aliphatic carbocycles. The molecular formula is C41H35ClN2O8. The zero-order valence-electron chi connectivity index (χ0n) is 28.5. The van der Waals surface area contributed by atoms with Gasteiger partial charge in [-0.3, -0.25) is 14.9 Å². The van der Waals surface area contributed by atoms with Gasteiger partial charge in [0.2, 0.25) is 0 Å². The molecule has 6 rings (SSSR count). The van der Waals surface area contributed by atoms with Crippen LogP contribution in [0, 0.1) is 0 Å². The van der Waals surface area contributed by atoms with E-state index in [1.807, 2.05) is 85.8 Å². The number of imide groups is 2. The number of nitrogens with zero attached hydrogens (tertiary/aromatic N) is 1. The van der Waals surface area contributed by atoms with Crippen molar-refractivity contribution in [1.29, 1.82) is 0 Å². The maximum Gasteiger partial charge on any atom is 0.335 e. The van der Waals surface area contributed by atoms with Gasteiger partial charge in [0.25, 0.3) is 11.8 Å². The monoisotopic (exact) mass is 718 g/mol. The van der Waals surface area contributed by atoms with E-state index in [4.69, 9.17) is 35.3 Å². The van der Waals surface area contributed by atoms with Crippen LogP contribution in [0.3, 0.4) is 0 Å². The van der Waals surface area contributed by atoms with Gasteiger partial charge in [-0.25, -0.2) is 9.69 Å². The number of methoxy groups -OCH3 is 1. The number of halogens is 1. The van der Waals surface area contributed by atoms with Gasteiger partial charge in [-0.2, -0.15) is 0 Å². The standard InChI is InChI=1S/C41H35ClN2O8/c1-3-49-36-22-29(14-19-35(36)51-25-28-12-8-5-9-13-28)26-52-38-34(42)21-30(23-37(38)48-2)20-33-39(45)43-41(47)44(40(33)46)31-15-17-32(18-16-31)50-24-27-10-6-4-7-11-27/h4-23H,3,24-26H2,1-2H3,(H,43,45,47)/b33-20-.